The first-order valence-electron chi connectivity index (χ1n) is 9.46. The van der Waals surface area contributed by atoms with Gasteiger partial charge in [0.05, 0.1) is 37.9 Å². The summed E-state index contributed by atoms with van der Waals surface area (Å²) < 4.78 is 43.1. The highest BCUT2D eigenvalue weighted by Crippen LogP contribution is 2.36. The number of hydrogen-bond donors (Lipinski definition) is 1. The Bertz CT molecular complexity index is 961. The summed E-state index contributed by atoms with van der Waals surface area (Å²) >= 11 is 7.56. The molecule has 0 unspecified atom stereocenters. The number of hydrogen-bond acceptors (Lipinski definition) is 5. The van der Waals surface area contributed by atoms with Crippen LogP contribution in [0.4, 0.5) is 15.2 Å². The number of quaternary nitrogens is 1. The number of nitrogens with one attached hydrogen (secondary N) is 1. The number of thiazole rings is 1. The fraction of sp³-hybridized carbons (Fsp3) is 0.526. The molecule has 0 radical (unpaired) electrons. The molecule has 3 rings (SSSR count). The van der Waals surface area contributed by atoms with E-state index in [0.717, 1.165) is 35.1 Å². The molecular formula is C19H27ClFN4O2S2+. The summed E-state index contributed by atoms with van der Waals surface area (Å²) in [4.78, 5) is 5.40. The Morgan fingerprint density at radius 3 is 2.59 bits per heavy atom. The lowest BCUT2D eigenvalue weighted by molar-refractivity contribution is -0.898. The predicted octanol–water partition coefficient (Wildman–Crippen LogP) is 4.19. The molecule has 0 spiro atoms. The summed E-state index contributed by atoms with van der Waals surface area (Å²) in [6, 6.07) is 2.97. The van der Waals surface area contributed by atoms with Crippen molar-refractivity contribution in [2.24, 2.45) is 0 Å². The lowest BCUT2D eigenvalue weighted by Crippen LogP contribution is -2.58. The van der Waals surface area contributed by atoms with E-state index in [1.165, 1.54) is 24.8 Å². The topological polar surface area (TPSA) is 62.3 Å². The van der Waals surface area contributed by atoms with Gasteiger partial charge in [0.1, 0.15) is 16.8 Å². The SMILES string of the molecule is CN(c1cc(F)c(S(=O)(=O)Nc2nccs2)cc1Cl)[C@H]1CCCC[C@@H]1[N+](C)(C)C. The Balaban J connectivity index is 1.92. The Labute approximate surface area is 181 Å². The number of anilines is 2. The molecule has 1 fully saturated rings. The number of rotatable bonds is 6. The zero-order valence-corrected chi connectivity index (χ0v) is 19.4. The fourth-order valence-electron chi connectivity index (χ4n) is 4.06. The predicted molar refractivity (Wildman–Crippen MR) is 117 cm³/mol. The van der Waals surface area contributed by atoms with E-state index in [-0.39, 0.29) is 16.2 Å². The molecule has 6 nitrogen and oxygen atoms in total. The summed E-state index contributed by atoms with van der Waals surface area (Å²) in [5.74, 6) is -0.835. The molecule has 0 bridgehead atoms. The zero-order valence-electron chi connectivity index (χ0n) is 17.0. The van der Waals surface area contributed by atoms with Crippen molar-refractivity contribution < 1.29 is 17.3 Å². The third kappa shape index (κ3) is 4.84. The normalized spacial score (nSPS) is 20.5. The quantitative estimate of drug-likeness (QED) is 0.655. The molecule has 0 aliphatic heterocycles. The molecule has 1 aliphatic rings. The van der Waals surface area contributed by atoms with E-state index < -0.39 is 20.7 Å². The van der Waals surface area contributed by atoms with Crippen molar-refractivity contribution in [1.82, 2.24) is 4.98 Å². The third-order valence-corrected chi connectivity index (χ3v) is 7.99. The van der Waals surface area contributed by atoms with Gasteiger partial charge in [-0.1, -0.05) is 18.0 Å². The van der Waals surface area contributed by atoms with Crippen LogP contribution in [0.1, 0.15) is 25.7 Å². The van der Waals surface area contributed by atoms with Crippen molar-refractivity contribution in [2.45, 2.75) is 42.7 Å². The van der Waals surface area contributed by atoms with E-state index in [0.29, 0.717) is 11.7 Å². The van der Waals surface area contributed by atoms with Crippen molar-refractivity contribution in [2.75, 3.05) is 37.8 Å². The molecular weight excluding hydrogens is 435 g/mol. The van der Waals surface area contributed by atoms with Crippen LogP contribution < -0.4 is 9.62 Å². The second-order valence-corrected chi connectivity index (χ2v) is 11.3. The maximum absolute atomic E-state index is 14.9. The largest absolute Gasteiger partial charge is 0.364 e. The lowest BCUT2D eigenvalue weighted by atomic mass is 9.87. The number of nitrogens with zero attached hydrogens (tertiary/aromatic N) is 3. The molecule has 160 valence electrons. The summed E-state index contributed by atoms with van der Waals surface area (Å²) in [5, 5.41) is 2.02. The Hall–Kier alpha value is -1.42. The average molecular weight is 462 g/mol. The molecule has 2 atom stereocenters. The summed E-state index contributed by atoms with van der Waals surface area (Å²) in [5.41, 5.74) is 0.503. The summed E-state index contributed by atoms with van der Waals surface area (Å²) in [7, 11) is 4.28. The van der Waals surface area contributed by atoms with E-state index >= 15 is 0 Å². The lowest BCUT2D eigenvalue weighted by Gasteiger charge is -2.46. The van der Waals surface area contributed by atoms with Crippen LogP contribution in [0.5, 0.6) is 0 Å². The number of halogens is 2. The molecule has 1 aromatic heterocycles. The van der Waals surface area contributed by atoms with Crippen molar-refractivity contribution in [3.8, 4) is 0 Å². The van der Waals surface area contributed by atoms with E-state index in [1.54, 1.807) is 5.38 Å². The molecule has 1 heterocycles. The molecule has 0 saturated heterocycles. The van der Waals surface area contributed by atoms with Gasteiger partial charge < -0.3 is 9.38 Å². The molecule has 1 aromatic carbocycles. The molecule has 2 aromatic rings. The number of benzene rings is 1. The van der Waals surface area contributed by atoms with Crippen LogP contribution in [-0.2, 0) is 10.0 Å². The molecule has 1 N–H and O–H groups in total. The highest BCUT2D eigenvalue weighted by molar-refractivity contribution is 7.93. The Morgan fingerprint density at radius 2 is 1.97 bits per heavy atom. The van der Waals surface area contributed by atoms with E-state index in [1.807, 2.05) is 11.9 Å². The molecule has 29 heavy (non-hydrogen) atoms. The van der Waals surface area contributed by atoms with Crippen LogP contribution in [0.3, 0.4) is 0 Å². The third-order valence-electron chi connectivity index (χ3n) is 5.51. The van der Waals surface area contributed by atoms with Crippen LogP contribution in [0.15, 0.2) is 28.6 Å². The standard InChI is InChI=1S/C19H27ClFN4O2S2/c1-24(15-7-5-6-8-17(15)25(2,3)4)16-12-14(21)18(11-13(16)20)29(26,27)23-19-22-9-10-28-19/h9-12,15,17H,5-8H2,1-4H3,(H,22,23)/q+1/t15-,17-/m0/s1. The maximum Gasteiger partial charge on any atom is 0.266 e. The molecule has 1 saturated carbocycles. The minimum absolute atomic E-state index is 0.176. The minimum atomic E-state index is -4.12. The van der Waals surface area contributed by atoms with Crippen molar-refractivity contribution in [3.63, 3.8) is 0 Å². The van der Waals surface area contributed by atoms with Gasteiger partial charge in [-0.15, -0.1) is 11.3 Å². The Morgan fingerprint density at radius 1 is 1.28 bits per heavy atom. The fourth-order valence-corrected chi connectivity index (χ4v) is 6.30. The second kappa shape index (κ2) is 8.37. The van der Waals surface area contributed by atoms with Gasteiger partial charge >= 0.3 is 0 Å². The molecule has 1 aliphatic carbocycles. The first kappa shape index (κ1) is 22.3. The summed E-state index contributed by atoms with van der Waals surface area (Å²) in [6.07, 6.45) is 5.82. The van der Waals surface area contributed by atoms with Gasteiger partial charge in [0.25, 0.3) is 10.0 Å². The van der Waals surface area contributed by atoms with E-state index in [9.17, 15) is 12.8 Å². The van der Waals surface area contributed by atoms with Crippen LogP contribution in [0.2, 0.25) is 5.02 Å². The average Bonchev–Trinajstić information content (AvgIpc) is 3.14. The molecule has 10 heteroatoms. The monoisotopic (exact) mass is 461 g/mol. The smallest absolute Gasteiger partial charge is 0.266 e. The van der Waals surface area contributed by atoms with Gasteiger partial charge in [-0.05, 0) is 18.9 Å². The van der Waals surface area contributed by atoms with Crippen LogP contribution in [0.25, 0.3) is 0 Å². The van der Waals surface area contributed by atoms with Crippen LogP contribution in [-0.4, -0.2) is 58.2 Å². The Kier molecular flexibility index (Phi) is 6.43. The van der Waals surface area contributed by atoms with E-state index in [4.69, 9.17) is 11.6 Å². The minimum Gasteiger partial charge on any atom is -0.364 e. The van der Waals surface area contributed by atoms with Crippen molar-refractivity contribution in [3.05, 3.63) is 34.5 Å². The van der Waals surface area contributed by atoms with Crippen molar-refractivity contribution in [1.29, 1.82) is 0 Å². The van der Waals surface area contributed by atoms with Crippen LogP contribution in [0, 0.1) is 5.82 Å². The molecule has 0 amide bonds. The summed E-state index contributed by atoms with van der Waals surface area (Å²) in [6.45, 7) is 0. The van der Waals surface area contributed by atoms with Gasteiger partial charge in [0.2, 0.25) is 0 Å². The number of aromatic nitrogens is 1. The second-order valence-electron chi connectivity index (χ2n) is 8.32. The highest BCUT2D eigenvalue weighted by Gasteiger charge is 2.38. The van der Waals surface area contributed by atoms with Gasteiger partial charge in [0.15, 0.2) is 5.13 Å². The first-order chi connectivity index (χ1) is 13.5. The van der Waals surface area contributed by atoms with Gasteiger partial charge in [-0.2, -0.15) is 0 Å². The number of sulfonamides is 1. The highest BCUT2D eigenvalue weighted by atomic mass is 35.5. The van der Waals surface area contributed by atoms with Crippen molar-refractivity contribution >= 4 is 43.8 Å². The van der Waals surface area contributed by atoms with Gasteiger partial charge in [-0.25, -0.2) is 17.8 Å². The first-order valence-corrected chi connectivity index (χ1v) is 12.2. The van der Waals surface area contributed by atoms with Gasteiger partial charge in [-0.3, -0.25) is 4.72 Å². The van der Waals surface area contributed by atoms with E-state index in [2.05, 4.69) is 30.8 Å². The van der Waals surface area contributed by atoms with Crippen LogP contribution >= 0.6 is 22.9 Å². The number of likely N-dealkylation sites (N-methyl/N-ethyl adjacent to an activating group) is 2. The van der Waals surface area contributed by atoms with Gasteiger partial charge in [0, 0.05) is 31.1 Å². The zero-order chi connectivity index (χ0) is 21.4. The maximum atomic E-state index is 14.9.